The van der Waals surface area contributed by atoms with Gasteiger partial charge in [0.15, 0.2) is 5.65 Å². The van der Waals surface area contributed by atoms with E-state index in [2.05, 4.69) is 37.2 Å². The Morgan fingerprint density at radius 1 is 1.18 bits per heavy atom. The third-order valence-electron chi connectivity index (χ3n) is 6.13. The van der Waals surface area contributed by atoms with Crippen molar-refractivity contribution in [2.24, 2.45) is 7.05 Å². The van der Waals surface area contributed by atoms with Crippen LogP contribution in [0.25, 0.3) is 22.4 Å². The standard InChI is InChI=1S/C27H21N9O3/c1-16(32-25(37)21-22(28)30-15-35-11-10-29-24(21)35)23-33-26-20(27(38)36(23)19-6-4-3-5-7-19)18(14-39-26)9-8-17-12-31-34(2)13-17/h3-7,10-16H,28H2,1-2H3,(H,32,37)/t16-/m1/s1. The minimum atomic E-state index is -0.737. The van der Waals surface area contributed by atoms with Crippen molar-refractivity contribution in [3.63, 3.8) is 0 Å². The minimum Gasteiger partial charge on any atom is -0.445 e. The summed E-state index contributed by atoms with van der Waals surface area (Å²) in [7, 11) is 1.79. The third kappa shape index (κ3) is 4.17. The molecule has 39 heavy (non-hydrogen) atoms. The van der Waals surface area contributed by atoms with Gasteiger partial charge in [0, 0.05) is 25.6 Å². The van der Waals surface area contributed by atoms with E-state index in [4.69, 9.17) is 10.2 Å². The van der Waals surface area contributed by atoms with Crippen LogP contribution in [0.4, 0.5) is 5.82 Å². The highest BCUT2D eigenvalue weighted by atomic mass is 16.3. The molecule has 1 amide bonds. The van der Waals surface area contributed by atoms with Gasteiger partial charge in [0.1, 0.15) is 35.2 Å². The van der Waals surface area contributed by atoms with Crippen LogP contribution in [0.3, 0.4) is 0 Å². The van der Waals surface area contributed by atoms with Crippen molar-refractivity contribution >= 4 is 28.5 Å². The van der Waals surface area contributed by atoms with Gasteiger partial charge in [-0.25, -0.2) is 9.97 Å². The summed E-state index contributed by atoms with van der Waals surface area (Å²) in [5.74, 6) is 5.76. The van der Waals surface area contributed by atoms with E-state index < -0.39 is 11.9 Å². The number of nitrogens with zero attached hydrogens (tertiary/aromatic N) is 7. The van der Waals surface area contributed by atoms with Gasteiger partial charge in [0.05, 0.1) is 29.1 Å². The predicted octanol–water partition coefficient (Wildman–Crippen LogP) is 2.23. The summed E-state index contributed by atoms with van der Waals surface area (Å²) in [4.78, 5) is 40.2. The Labute approximate surface area is 220 Å². The molecule has 0 saturated heterocycles. The average Bonchev–Trinajstić information content (AvgIpc) is 3.67. The number of fused-ring (bicyclic) bond motifs is 2. The summed E-state index contributed by atoms with van der Waals surface area (Å²) >= 11 is 0. The van der Waals surface area contributed by atoms with Crippen LogP contribution in [0, 0.1) is 11.8 Å². The molecule has 1 atom stereocenters. The molecule has 0 bridgehead atoms. The third-order valence-corrected chi connectivity index (χ3v) is 6.13. The normalized spacial score (nSPS) is 11.8. The van der Waals surface area contributed by atoms with Crippen LogP contribution in [-0.4, -0.2) is 39.6 Å². The highest BCUT2D eigenvalue weighted by molar-refractivity contribution is 6.04. The van der Waals surface area contributed by atoms with Gasteiger partial charge in [-0.05, 0) is 19.1 Å². The van der Waals surface area contributed by atoms with E-state index in [1.807, 2.05) is 18.2 Å². The van der Waals surface area contributed by atoms with Gasteiger partial charge in [-0.1, -0.05) is 30.0 Å². The lowest BCUT2D eigenvalue weighted by atomic mass is 10.2. The molecule has 0 aliphatic heterocycles. The van der Waals surface area contributed by atoms with Gasteiger partial charge < -0.3 is 15.5 Å². The van der Waals surface area contributed by atoms with E-state index >= 15 is 0 Å². The van der Waals surface area contributed by atoms with Crippen molar-refractivity contribution in [2.75, 3.05) is 5.73 Å². The second-order valence-corrected chi connectivity index (χ2v) is 8.79. The molecule has 0 fully saturated rings. The van der Waals surface area contributed by atoms with Crippen LogP contribution >= 0.6 is 0 Å². The smallest absolute Gasteiger partial charge is 0.270 e. The predicted molar refractivity (Wildman–Crippen MR) is 142 cm³/mol. The molecule has 0 aliphatic rings. The van der Waals surface area contributed by atoms with Gasteiger partial charge >= 0.3 is 0 Å². The number of furan rings is 1. The molecule has 1 aromatic carbocycles. The number of anilines is 1. The first-order valence-electron chi connectivity index (χ1n) is 11.9. The number of benzene rings is 1. The fourth-order valence-corrected chi connectivity index (χ4v) is 4.30. The maximum Gasteiger partial charge on any atom is 0.270 e. The first kappa shape index (κ1) is 23.7. The summed E-state index contributed by atoms with van der Waals surface area (Å²) in [6.45, 7) is 1.71. The van der Waals surface area contributed by atoms with E-state index in [1.165, 1.54) is 17.2 Å². The molecular weight excluding hydrogens is 498 g/mol. The topological polar surface area (TPSA) is 151 Å². The molecule has 5 aromatic heterocycles. The fourth-order valence-electron chi connectivity index (χ4n) is 4.30. The summed E-state index contributed by atoms with van der Waals surface area (Å²) in [5.41, 5.74) is 7.88. The van der Waals surface area contributed by atoms with Crippen molar-refractivity contribution in [1.82, 2.24) is 39.0 Å². The Morgan fingerprint density at radius 3 is 2.77 bits per heavy atom. The Morgan fingerprint density at radius 2 is 2.00 bits per heavy atom. The number of hydrogen-bond acceptors (Lipinski definition) is 8. The Kier molecular flexibility index (Phi) is 5.65. The number of imidazole rings is 1. The SMILES string of the molecule is C[C@@H](NC(=O)c1c(N)ncn2ccnc12)c1nc2occ(C#Cc3cnn(C)c3)c2c(=O)n1-c1ccccc1. The number of carbonyl (C=O) groups is 1. The van der Waals surface area contributed by atoms with Crippen molar-refractivity contribution in [1.29, 1.82) is 0 Å². The quantitative estimate of drug-likeness (QED) is 0.337. The second-order valence-electron chi connectivity index (χ2n) is 8.79. The van der Waals surface area contributed by atoms with E-state index in [9.17, 15) is 9.59 Å². The zero-order valence-electron chi connectivity index (χ0n) is 20.9. The number of carbonyl (C=O) groups excluding carboxylic acids is 1. The van der Waals surface area contributed by atoms with Crippen LogP contribution < -0.4 is 16.6 Å². The Balaban J connectivity index is 1.46. The largest absolute Gasteiger partial charge is 0.445 e. The van der Waals surface area contributed by atoms with Crippen molar-refractivity contribution in [3.8, 4) is 17.5 Å². The number of amides is 1. The molecule has 0 spiro atoms. The van der Waals surface area contributed by atoms with E-state index in [-0.39, 0.29) is 33.9 Å². The molecule has 3 N–H and O–H groups in total. The first-order chi connectivity index (χ1) is 18.9. The zero-order chi connectivity index (χ0) is 27.1. The highest BCUT2D eigenvalue weighted by Crippen LogP contribution is 2.22. The van der Waals surface area contributed by atoms with Crippen molar-refractivity contribution in [2.45, 2.75) is 13.0 Å². The zero-order valence-corrected chi connectivity index (χ0v) is 20.9. The second kappa shape index (κ2) is 9.31. The van der Waals surface area contributed by atoms with Gasteiger partial charge in [0.2, 0.25) is 5.71 Å². The Hall–Kier alpha value is -5.70. The van der Waals surface area contributed by atoms with Crippen molar-refractivity contribution < 1.29 is 9.21 Å². The van der Waals surface area contributed by atoms with E-state index in [1.54, 1.807) is 60.0 Å². The van der Waals surface area contributed by atoms with E-state index in [0.717, 1.165) is 0 Å². The van der Waals surface area contributed by atoms with Crippen LogP contribution in [0.2, 0.25) is 0 Å². The molecular formula is C27H21N9O3. The lowest BCUT2D eigenvalue weighted by Gasteiger charge is -2.19. The lowest BCUT2D eigenvalue weighted by molar-refractivity contribution is 0.0939. The molecule has 0 unspecified atom stereocenters. The maximum absolute atomic E-state index is 13.9. The highest BCUT2D eigenvalue weighted by Gasteiger charge is 2.25. The number of rotatable bonds is 4. The number of aromatic nitrogens is 7. The summed E-state index contributed by atoms with van der Waals surface area (Å²) < 4.78 is 10.3. The van der Waals surface area contributed by atoms with E-state index in [0.29, 0.717) is 22.5 Å². The van der Waals surface area contributed by atoms with Crippen LogP contribution in [-0.2, 0) is 7.05 Å². The molecule has 0 radical (unpaired) electrons. The molecule has 5 heterocycles. The lowest BCUT2D eigenvalue weighted by Crippen LogP contribution is -2.34. The maximum atomic E-state index is 13.9. The van der Waals surface area contributed by atoms with Crippen LogP contribution in [0.15, 0.2) is 76.9 Å². The number of aryl methyl sites for hydroxylation is 1. The number of hydrogen-bond donors (Lipinski definition) is 2. The molecule has 6 rings (SSSR count). The monoisotopic (exact) mass is 519 g/mol. The van der Waals surface area contributed by atoms with Gasteiger partial charge in [-0.3, -0.25) is 23.2 Å². The summed E-state index contributed by atoms with van der Waals surface area (Å²) in [6.07, 6.45) is 9.48. The van der Waals surface area contributed by atoms with Gasteiger partial charge in [0.25, 0.3) is 11.5 Å². The fraction of sp³-hybridized carbons (Fsp3) is 0.111. The number of nitrogen functional groups attached to an aromatic ring is 1. The van der Waals surface area contributed by atoms with Gasteiger partial charge in [-0.15, -0.1) is 0 Å². The first-order valence-corrected chi connectivity index (χ1v) is 11.9. The number of nitrogens with two attached hydrogens (primary N) is 1. The van der Waals surface area contributed by atoms with Crippen LogP contribution in [0.1, 0.15) is 40.3 Å². The molecule has 0 aliphatic carbocycles. The average molecular weight is 520 g/mol. The number of nitrogens with one attached hydrogen (secondary N) is 1. The van der Waals surface area contributed by atoms with Gasteiger partial charge in [-0.2, -0.15) is 10.1 Å². The van der Waals surface area contributed by atoms with Crippen molar-refractivity contribution in [3.05, 3.63) is 101 Å². The minimum absolute atomic E-state index is 0.0325. The van der Waals surface area contributed by atoms with Crippen LogP contribution in [0.5, 0.6) is 0 Å². The molecule has 12 nitrogen and oxygen atoms in total. The molecule has 0 saturated carbocycles. The molecule has 192 valence electrons. The Bertz CT molecular complexity index is 1990. The molecule has 12 heteroatoms. The summed E-state index contributed by atoms with van der Waals surface area (Å²) in [5, 5.41) is 7.22. The molecule has 6 aromatic rings. The summed E-state index contributed by atoms with van der Waals surface area (Å²) in [6, 6.07) is 8.28. The number of para-hydroxylation sites is 1.